The van der Waals surface area contributed by atoms with E-state index in [-0.39, 0.29) is 28.2 Å². The summed E-state index contributed by atoms with van der Waals surface area (Å²) in [5.74, 6) is -1.83. The average Bonchev–Trinajstić information content (AvgIpc) is 2.30. The Bertz CT molecular complexity index is 447. The first-order valence-corrected chi connectivity index (χ1v) is 6.35. The summed E-state index contributed by atoms with van der Waals surface area (Å²) in [7, 11) is 1.41. The molecule has 18 heavy (non-hydrogen) atoms. The monoisotopic (exact) mass is 320 g/mol. The summed E-state index contributed by atoms with van der Waals surface area (Å²) >= 11 is 2.97. The molecule has 1 rings (SSSR count). The highest BCUT2D eigenvalue weighted by Crippen LogP contribution is 2.23. The molecular formula is C13H15BrF2O2. The van der Waals surface area contributed by atoms with Gasteiger partial charge in [0.05, 0.1) is 4.47 Å². The lowest BCUT2D eigenvalue weighted by molar-refractivity contribution is -0.130. The molecule has 1 aromatic rings. The predicted octanol–water partition coefficient (Wildman–Crippen LogP) is 3.51. The van der Waals surface area contributed by atoms with Crippen LogP contribution in [0.2, 0.25) is 0 Å². The summed E-state index contributed by atoms with van der Waals surface area (Å²) in [5.41, 5.74) is -0.225. The minimum Gasteiger partial charge on any atom is -0.373 e. The molecule has 1 atom stereocenters. The number of ether oxygens (including phenoxy) is 1. The molecule has 0 aliphatic heterocycles. The lowest BCUT2D eigenvalue weighted by Gasteiger charge is -2.18. The summed E-state index contributed by atoms with van der Waals surface area (Å²) in [6.07, 6.45) is -0.962. The smallest absolute Gasteiger partial charge is 0.166 e. The zero-order valence-electron chi connectivity index (χ0n) is 10.5. The van der Waals surface area contributed by atoms with Crippen LogP contribution in [0.4, 0.5) is 8.78 Å². The fourth-order valence-corrected chi connectivity index (χ4v) is 2.15. The van der Waals surface area contributed by atoms with Crippen LogP contribution in [0, 0.1) is 17.6 Å². The largest absolute Gasteiger partial charge is 0.373 e. The number of hydrogen-bond donors (Lipinski definition) is 0. The lowest BCUT2D eigenvalue weighted by Crippen LogP contribution is -2.30. The number of hydrogen-bond acceptors (Lipinski definition) is 2. The van der Waals surface area contributed by atoms with E-state index in [4.69, 9.17) is 4.74 Å². The van der Waals surface area contributed by atoms with Crippen molar-refractivity contribution in [3.05, 3.63) is 33.8 Å². The molecule has 0 saturated heterocycles. The fraction of sp³-hybridized carbons (Fsp3) is 0.462. The summed E-state index contributed by atoms with van der Waals surface area (Å²) in [5, 5.41) is 0. The highest BCUT2D eigenvalue weighted by molar-refractivity contribution is 9.10. The maximum atomic E-state index is 13.7. The van der Waals surface area contributed by atoms with Gasteiger partial charge in [0.25, 0.3) is 0 Å². The molecule has 0 radical (unpaired) electrons. The average molecular weight is 321 g/mol. The number of carbonyl (C=O) groups excluding carboxylic acids is 1. The van der Waals surface area contributed by atoms with Crippen LogP contribution >= 0.6 is 15.9 Å². The van der Waals surface area contributed by atoms with Gasteiger partial charge in [-0.3, -0.25) is 4.79 Å². The highest BCUT2D eigenvalue weighted by atomic mass is 79.9. The van der Waals surface area contributed by atoms with Crippen molar-refractivity contribution in [2.75, 3.05) is 7.11 Å². The van der Waals surface area contributed by atoms with E-state index in [0.717, 1.165) is 6.07 Å². The van der Waals surface area contributed by atoms with Gasteiger partial charge in [-0.2, -0.15) is 0 Å². The van der Waals surface area contributed by atoms with Crippen LogP contribution in [0.25, 0.3) is 0 Å². The molecular weight excluding hydrogens is 306 g/mol. The number of Topliss-reactive ketones (excluding diaryl/α,β-unsaturated/α-hetero) is 1. The van der Waals surface area contributed by atoms with Crippen LogP contribution in [0.5, 0.6) is 0 Å². The molecule has 0 amide bonds. The van der Waals surface area contributed by atoms with Crippen molar-refractivity contribution < 1.29 is 18.3 Å². The highest BCUT2D eigenvalue weighted by Gasteiger charge is 2.24. The van der Waals surface area contributed by atoms with E-state index in [1.54, 1.807) is 0 Å². The van der Waals surface area contributed by atoms with Crippen molar-refractivity contribution in [1.82, 2.24) is 0 Å². The van der Waals surface area contributed by atoms with E-state index in [1.807, 2.05) is 13.8 Å². The maximum Gasteiger partial charge on any atom is 0.166 e. The summed E-state index contributed by atoms with van der Waals surface area (Å²) in [6, 6.07) is 2.40. The summed E-state index contributed by atoms with van der Waals surface area (Å²) < 4.78 is 32.4. The van der Waals surface area contributed by atoms with Crippen molar-refractivity contribution >= 4 is 21.7 Å². The normalized spacial score (nSPS) is 12.8. The third-order valence-electron chi connectivity index (χ3n) is 2.67. The van der Waals surface area contributed by atoms with E-state index < -0.39 is 17.7 Å². The Kier molecular flexibility index (Phi) is 5.41. The SMILES string of the molecule is COC(C(=O)Cc1c(F)ccc(Br)c1F)C(C)C. The predicted molar refractivity (Wildman–Crippen MR) is 68.4 cm³/mol. The van der Waals surface area contributed by atoms with Crippen LogP contribution in [0.15, 0.2) is 16.6 Å². The van der Waals surface area contributed by atoms with Gasteiger partial charge in [0, 0.05) is 19.1 Å². The third kappa shape index (κ3) is 3.36. The van der Waals surface area contributed by atoms with Crippen LogP contribution in [-0.4, -0.2) is 19.0 Å². The first kappa shape index (κ1) is 15.2. The van der Waals surface area contributed by atoms with Gasteiger partial charge in [0.15, 0.2) is 5.78 Å². The van der Waals surface area contributed by atoms with Gasteiger partial charge in [0.1, 0.15) is 17.7 Å². The number of carbonyl (C=O) groups is 1. The minimum atomic E-state index is -0.734. The molecule has 1 aromatic carbocycles. The zero-order valence-corrected chi connectivity index (χ0v) is 12.1. The molecule has 0 bridgehead atoms. The molecule has 0 heterocycles. The number of methoxy groups -OCH3 is 1. The topological polar surface area (TPSA) is 26.3 Å². The fourth-order valence-electron chi connectivity index (χ4n) is 1.78. The molecule has 0 fully saturated rings. The first-order chi connectivity index (χ1) is 8.38. The van der Waals surface area contributed by atoms with Gasteiger partial charge in [-0.05, 0) is 34.0 Å². The Labute approximate surface area is 113 Å². The Morgan fingerprint density at radius 1 is 1.39 bits per heavy atom. The Balaban J connectivity index is 2.98. The van der Waals surface area contributed by atoms with Crippen molar-refractivity contribution in [2.24, 2.45) is 5.92 Å². The van der Waals surface area contributed by atoms with Crippen molar-refractivity contribution in [3.8, 4) is 0 Å². The molecule has 1 unspecified atom stereocenters. The molecule has 2 nitrogen and oxygen atoms in total. The van der Waals surface area contributed by atoms with Gasteiger partial charge in [-0.15, -0.1) is 0 Å². The molecule has 0 saturated carbocycles. The second-order valence-corrected chi connectivity index (χ2v) is 5.22. The minimum absolute atomic E-state index is 0.0409. The second kappa shape index (κ2) is 6.38. The van der Waals surface area contributed by atoms with Crippen LogP contribution in [0.3, 0.4) is 0 Å². The Hall–Kier alpha value is -0.810. The number of halogens is 3. The quantitative estimate of drug-likeness (QED) is 0.776. The van der Waals surface area contributed by atoms with E-state index in [1.165, 1.54) is 13.2 Å². The van der Waals surface area contributed by atoms with Crippen molar-refractivity contribution in [2.45, 2.75) is 26.4 Å². The number of ketones is 1. The first-order valence-electron chi connectivity index (χ1n) is 5.56. The summed E-state index contributed by atoms with van der Waals surface area (Å²) in [6.45, 7) is 3.64. The second-order valence-electron chi connectivity index (χ2n) is 4.37. The molecule has 0 spiro atoms. The molecule has 5 heteroatoms. The number of benzene rings is 1. The van der Waals surface area contributed by atoms with Crippen molar-refractivity contribution in [3.63, 3.8) is 0 Å². The molecule has 0 aliphatic carbocycles. The van der Waals surface area contributed by atoms with Gasteiger partial charge >= 0.3 is 0 Å². The van der Waals surface area contributed by atoms with Crippen LogP contribution in [0.1, 0.15) is 19.4 Å². The number of rotatable bonds is 5. The standard InChI is InChI=1S/C13H15BrF2O2/c1-7(2)13(18-3)11(17)6-8-10(15)5-4-9(14)12(8)16/h4-5,7,13H,6H2,1-3H3. The lowest BCUT2D eigenvalue weighted by atomic mass is 9.97. The van der Waals surface area contributed by atoms with E-state index >= 15 is 0 Å². The van der Waals surface area contributed by atoms with E-state index in [0.29, 0.717) is 0 Å². The van der Waals surface area contributed by atoms with E-state index in [2.05, 4.69) is 15.9 Å². The maximum absolute atomic E-state index is 13.7. The van der Waals surface area contributed by atoms with Gasteiger partial charge in [0.2, 0.25) is 0 Å². The summed E-state index contributed by atoms with van der Waals surface area (Å²) in [4.78, 5) is 11.9. The van der Waals surface area contributed by atoms with Gasteiger partial charge < -0.3 is 4.74 Å². The van der Waals surface area contributed by atoms with E-state index in [9.17, 15) is 13.6 Å². The molecule has 100 valence electrons. The molecule has 0 aliphatic rings. The Morgan fingerprint density at radius 2 is 2.00 bits per heavy atom. The molecule has 0 N–H and O–H groups in total. The zero-order chi connectivity index (χ0) is 13.9. The van der Waals surface area contributed by atoms with Crippen molar-refractivity contribution in [1.29, 1.82) is 0 Å². The van der Waals surface area contributed by atoms with Gasteiger partial charge in [-0.25, -0.2) is 8.78 Å². The third-order valence-corrected chi connectivity index (χ3v) is 3.28. The van der Waals surface area contributed by atoms with Crippen LogP contribution in [-0.2, 0) is 16.0 Å². The molecule has 0 aromatic heterocycles. The Morgan fingerprint density at radius 3 is 2.50 bits per heavy atom. The van der Waals surface area contributed by atoms with Gasteiger partial charge in [-0.1, -0.05) is 13.8 Å². The van der Waals surface area contributed by atoms with Crippen LogP contribution < -0.4 is 0 Å².